The van der Waals surface area contributed by atoms with Crippen molar-refractivity contribution in [3.63, 3.8) is 0 Å². The van der Waals surface area contributed by atoms with Crippen molar-refractivity contribution >= 4 is 6.29 Å². The van der Waals surface area contributed by atoms with E-state index in [1.165, 1.54) is 0 Å². The molecule has 0 amide bonds. The third-order valence-corrected chi connectivity index (χ3v) is 1.44. The van der Waals surface area contributed by atoms with E-state index >= 15 is 0 Å². The highest BCUT2D eigenvalue weighted by atomic mass is 16.5. The van der Waals surface area contributed by atoms with Crippen molar-refractivity contribution in [1.29, 1.82) is 0 Å². The van der Waals surface area contributed by atoms with Gasteiger partial charge in [-0.2, -0.15) is 0 Å². The molecule has 1 saturated heterocycles. The highest BCUT2D eigenvalue weighted by Gasteiger charge is 2.09. The Balaban J connectivity index is 2.26. The lowest BCUT2D eigenvalue weighted by atomic mass is 10.1. The van der Waals surface area contributed by atoms with E-state index in [0.29, 0.717) is 13.3 Å². The van der Waals surface area contributed by atoms with E-state index in [9.17, 15) is 4.79 Å². The molecular formula is C6H11NO2. The van der Waals surface area contributed by atoms with Gasteiger partial charge in [-0.15, -0.1) is 0 Å². The minimum atomic E-state index is 0.160. The first-order valence-electron chi connectivity index (χ1n) is 3.17. The number of ether oxygens (including phenoxy) is 1. The van der Waals surface area contributed by atoms with Crippen LogP contribution in [0.25, 0.3) is 0 Å². The quantitative estimate of drug-likeness (QED) is 0.497. The molecule has 1 heterocycles. The van der Waals surface area contributed by atoms with E-state index in [4.69, 9.17) is 4.74 Å². The normalized spacial score (nSPS) is 29.1. The number of rotatable bonds is 1. The van der Waals surface area contributed by atoms with Crippen LogP contribution in [0, 0.1) is 5.92 Å². The Bertz CT molecular complexity index is 87.1. The topological polar surface area (TPSA) is 38.3 Å². The van der Waals surface area contributed by atoms with Crippen LogP contribution in [0.2, 0.25) is 0 Å². The lowest BCUT2D eigenvalue weighted by Gasteiger charge is -2.01. The van der Waals surface area contributed by atoms with E-state index in [-0.39, 0.29) is 5.92 Å². The van der Waals surface area contributed by atoms with Gasteiger partial charge in [0.1, 0.15) is 6.29 Å². The fourth-order valence-corrected chi connectivity index (χ4v) is 0.842. The van der Waals surface area contributed by atoms with Gasteiger partial charge in [0, 0.05) is 19.1 Å². The molecule has 0 aliphatic carbocycles. The predicted molar refractivity (Wildman–Crippen MR) is 33.0 cm³/mol. The molecule has 1 aliphatic rings. The maximum Gasteiger partial charge on any atom is 0.124 e. The van der Waals surface area contributed by atoms with Crippen LogP contribution in [0.1, 0.15) is 6.42 Å². The zero-order valence-electron chi connectivity index (χ0n) is 5.30. The molecule has 3 heteroatoms. The van der Waals surface area contributed by atoms with Gasteiger partial charge in [0.2, 0.25) is 0 Å². The molecule has 0 radical (unpaired) electrons. The van der Waals surface area contributed by atoms with Crippen molar-refractivity contribution in [2.24, 2.45) is 5.92 Å². The molecule has 1 N–H and O–H groups in total. The summed E-state index contributed by atoms with van der Waals surface area (Å²) in [5, 5.41) is 2.99. The summed E-state index contributed by atoms with van der Waals surface area (Å²) in [6.45, 7) is 2.06. The summed E-state index contributed by atoms with van der Waals surface area (Å²) >= 11 is 0. The van der Waals surface area contributed by atoms with Crippen LogP contribution in [-0.4, -0.2) is 26.2 Å². The second-order valence-electron chi connectivity index (χ2n) is 2.19. The molecule has 1 aliphatic heterocycles. The molecule has 0 saturated carbocycles. The highest BCUT2D eigenvalue weighted by molar-refractivity contribution is 5.53. The largest absolute Gasteiger partial charge is 0.366 e. The van der Waals surface area contributed by atoms with Gasteiger partial charge in [0.15, 0.2) is 0 Å². The van der Waals surface area contributed by atoms with Crippen molar-refractivity contribution in [2.75, 3.05) is 19.9 Å². The maximum absolute atomic E-state index is 10.2. The van der Waals surface area contributed by atoms with E-state index in [1.807, 2.05) is 0 Å². The first kappa shape index (κ1) is 6.71. The molecule has 0 aromatic rings. The Morgan fingerprint density at radius 1 is 1.67 bits per heavy atom. The highest BCUT2D eigenvalue weighted by Crippen LogP contribution is 2.00. The van der Waals surface area contributed by atoms with Gasteiger partial charge in [0.05, 0.1) is 6.73 Å². The van der Waals surface area contributed by atoms with E-state index in [0.717, 1.165) is 19.3 Å². The van der Waals surface area contributed by atoms with E-state index < -0.39 is 0 Å². The molecule has 1 rings (SSSR count). The van der Waals surface area contributed by atoms with E-state index in [1.54, 1.807) is 0 Å². The Morgan fingerprint density at radius 3 is 3.33 bits per heavy atom. The van der Waals surface area contributed by atoms with Crippen molar-refractivity contribution in [1.82, 2.24) is 5.32 Å². The van der Waals surface area contributed by atoms with Crippen LogP contribution in [0.4, 0.5) is 0 Å². The zero-order valence-corrected chi connectivity index (χ0v) is 5.30. The first-order chi connectivity index (χ1) is 4.43. The number of aldehydes is 1. The second-order valence-corrected chi connectivity index (χ2v) is 2.19. The average Bonchev–Trinajstić information content (AvgIpc) is 2.13. The third-order valence-electron chi connectivity index (χ3n) is 1.44. The van der Waals surface area contributed by atoms with E-state index in [2.05, 4.69) is 5.32 Å². The van der Waals surface area contributed by atoms with Crippen molar-refractivity contribution in [3.8, 4) is 0 Å². The minimum absolute atomic E-state index is 0.160. The van der Waals surface area contributed by atoms with Crippen LogP contribution in [0.15, 0.2) is 0 Å². The fraction of sp³-hybridized carbons (Fsp3) is 0.833. The molecule has 9 heavy (non-hydrogen) atoms. The summed E-state index contributed by atoms with van der Waals surface area (Å²) in [7, 11) is 0. The Labute approximate surface area is 54.4 Å². The predicted octanol–water partition coefficient (Wildman–Crippen LogP) is -0.231. The molecule has 0 bridgehead atoms. The first-order valence-corrected chi connectivity index (χ1v) is 3.17. The molecule has 1 fully saturated rings. The fourth-order valence-electron chi connectivity index (χ4n) is 0.842. The zero-order chi connectivity index (χ0) is 6.53. The van der Waals surface area contributed by atoms with Crippen LogP contribution in [0.3, 0.4) is 0 Å². The van der Waals surface area contributed by atoms with Crippen molar-refractivity contribution in [3.05, 3.63) is 0 Å². The monoisotopic (exact) mass is 129 g/mol. The van der Waals surface area contributed by atoms with Gasteiger partial charge in [0.25, 0.3) is 0 Å². The van der Waals surface area contributed by atoms with Gasteiger partial charge in [-0.3, -0.25) is 5.32 Å². The maximum atomic E-state index is 10.2. The van der Waals surface area contributed by atoms with Gasteiger partial charge in [-0.05, 0) is 6.42 Å². The van der Waals surface area contributed by atoms with Crippen LogP contribution >= 0.6 is 0 Å². The number of nitrogens with one attached hydrogen (secondary N) is 1. The summed E-state index contributed by atoms with van der Waals surface area (Å²) in [5.41, 5.74) is 0. The SMILES string of the molecule is O=CC1CCOCNC1. The number of carbonyl (C=O) groups excluding carboxylic acids is 1. The van der Waals surface area contributed by atoms with Crippen molar-refractivity contribution in [2.45, 2.75) is 6.42 Å². The van der Waals surface area contributed by atoms with Gasteiger partial charge in [-0.25, -0.2) is 0 Å². The molecule has 52 valence electrons. The molecular weight excluding hydrogens is 118 g/mol. The van der Waals surface area contributed by atoms with Crippen LogP contribution < -0.4 is 5.32 Å². The van der Waals surface area contributed by atoms with Crippen LogP contribution in [-0.2, 0) is 9.53 Å². The minimum Gasteiger partial charge on any atom is -0.366 e. The summed E-state index contributed by atoms with van der Waals surface area (Å²) in [5.74, 6) is 0.160. The van der Waals surface area contributed by atoms with Gasteiger partial charge >= 0.3 is 0 Å². The number of hydrogen-bond acceptors (Lipinski definition) is 3. The lowest BCUT2D eigenvalue weighted by molar-refractivity contribution is -0.111. The molecule has 1 atom stereocenters. The number of carbonyl (C=O) groups is 1. The second kappa shape index (κ2) is 3.58. The lowest BCUT2D eigenvalue weighted by Crippen LogP contribution is -2.21. The summed E-state index contributed by atoms with van der Waals surface area (Å²) in [6.07, 6.45) is 1.85. The van der Waals surface area contributed by atoms with Gasteiger partial charge < -0.3 is 9.53 Å². The Hall–Kier alpha value is -0.410. The Kier molecular flexibility index (Phi) is 2.67. The third kappa shape index (κ3) is 2.11. The molecule has 0 spiro atoms. The molecule has 0 aromatic heterocycles. The molecule has 1 unspecified atom stereocenters. The average molecular weight is 129 g/mol. The number of hydrogen-bond donors (Lipinski definition) is 1. The van der Waals surface area contributed by atoms with Gasteiger partial charge in [-0.1, -0.05) is 0 Å². The summed E-state index contributed by atoms with van der Waals surface area (Å²) < 4.78 is 5.06. The molecule has 0 aromatic carbocycles. The Morgan fingerprint density at radius 2 is 2.56 bits per heavy atom. The summed E-state index contributed by atoms with van der Waals surface area (Å²) in [4.78, 5) is 10.2. The van der Waals surface area contributed by atoms with Crippen LogP contribution in [0.5, 0.6) is 0 Å². The standard InChI is InChI=1S/C6H11NO2/c8-4-6-1-2-9-5-7-3-6/h4,6-7H,1-3,5H2. The molecule has 3 nitrogen and oxygen atoms in total. The summed E-state index contributed by atoms with van der Waals surface area (Å²) in [6, 6.07) is 0. The smallest absolute Gasteiger partial charge is 0.124 e. The van der Waals surface area contributed by atoms with Crippen molar-refractivity contribution < 1.29 is 9.53 Å².